The number of hydrogen-bond donors (Lipinski definition) is 2. The third kappa shape index (κ3) is 3.62. The molecule has 0 radical (unpaired) electrons. The molecule has 0 aliphatic rings. The molecule has 2 rings (SSSR count). The van der Waals surface area contributed by atoms with Crippen LogP contribution in [0.2, 0.25) is 0 Å². The van der Waals surface area contributed by atoms with Crippen molar-refractivity contribution in [2.45, 2.75) is 12.6 Å². The number of aliphatic hydroxyl groups excluding tert-OH is 1. The van der Waals surface area contributed by atoms with Crippen LogP contribution in [0.5, 0.6) is 0 Å². The standard InChI is InChI=1S/C15H15FN2O3/c16-13-7-4-8-15(18(20)21)12(13)9-17-14(10-19)11-5-2-1-3-6-11/h1-8,14,17,19H,9-10H2/t14-/m0/s1. The van der Waals surface area contributed by atoms with E-state index in [1.165, 1.54) is 18.2 Å². The molecule has 0 saturated carbocycles. The summed E-state index contributed by atoms with van der Waals surface area (Å²) >= 11 is 0. The van der Waals surface area contributed by atoms with Crippen LogP contribution in [-0.4, -0.2) is 16.6 Å². The summed E-state index contributed by atoms with van der Waals surface area (Å²) in [6, 6.07) is 12.5. The molecule has 0 fully saturated rings. The van der Waals surface area contributed by atoms with E-state index in [4.69, 9.17) is 0 Å². The Morgan fingerprint density at radius 2 is 1.90 bits per heavy atom. The minimum Gasteiger partial charge on any atom is -0.394 e. The lowest BCUT2D eigenvalue weighted by molar-refractivity contribution is -0.385. The van der Waals surface area contributed by atoms with Gasteiger partial charge in [-0.2, -0.15) is 0 Å². The van der Waals surface area contributed by atoms with E-state index >= 15 is 0 Å². The highest BCUT2D eigenvalue weighted by Crippen LogP contribution is 2.22. The lowest BCUT2D eigenvalue weighted by Crippen LogP contribution is -2.24. The molecule has 110 valence electrons. The second-order valence-electron chi connectivity index (χ2n) is 4.52. The van der Waals surface area contributed by atoms with Crippen molar-refractivity contribution in [1.29, 1.82) is 0 Å². The first kappa shape index (κ1) is 15.1. The maximum atomic E-state index is 13.8. The smallest absolute Gasteiger partial charge is 0.276 e. The van der Waals surface area contributed by atoms with Gasteiger partial charge in [-0.25, -0.2) is 4.39 Å². The van der Waals surface area contributed by atoms with E-state index in [0.29, 0.717) is 0 Å². The van der Waals surface area contributed by atoms with Crippen molar-refractivity contribution in [2.24, 2.45) is 0 Å². The molecule has 0 aliphatic heterocycles. The number of nitro groups is 1. The van der Waals surface area contributed by atoms with E-state index in [1.807, 2.05) is 30.3 Å². The first-order valence-electron chi connectivity index (χ1n) is 6.44. The van der Waals surface area contributed by atoms with Gasteiger partial charge in [-0.05, 0) is 11.6 Å². The van der Waals surface area contributed by atoms with Crippen LogP contribution >= 0.6 is 0 Å². The van der Waals surface area contributed by atoms with Gasteiger partial charge < -0.3 is 10.4 Å². The van der Waals surface area contributed by atoms with Gasteiger partial charge in [0.2, 0.25) is 0 Å². The van der Waals surface area contributed by atoms with Gasteiger partial charge in [-0.1, -0.05) is 36.4 Å². The SMILES string of the molecule is O=[N+]([O-])c1cccc(F)c1CN[C@@H](CO)c1ccccc1. The van der Waals surface area contributed by atoms with Crippen LogP contribution in [0.25, 0.3) is 0 Å². The minimum absolute atomic E-state index is 0.0168. The highest BCUT2D eigenvalue weighted by Gasteiger charge is 2.19. The summed E-state index contributed by atoms with van der Waals surface area (Å²) in [6.07, 6.45) is 0. The fourth-order valence-electron chi connectivity index (χ4n) is 2.09. The van der Waals surface area contributed by atoms with Crippen molar-refractivity contribution in [3.8, 4) is 0 Å². The molecule has 2 N–H and O–H groups in total. The quantitative estimate of drug-likeness (QED) is 0.633. The van der Waals surface area contributed by atoms with Crippen LogP contribution in [0.15, 0.2) is 48.5 Å². The Hall–Kier alpha value is -2.31. The number of nitrogens with one attached hydrogen (secondary N) is 1. The zero-order valence-electron chi connectivity index (χ0n) is 11.2. The summed E-state index contributed by atoms with van der Waals surface area (Å²) in [7, 11) is 0. The molecule has 0 heterocycles. The second kappa shape index (κ2) is 6.92. The van der Waals surface area contributed by atoms with Crippen LogP contribution in [0.4, 0.5) is 10.1 Å². The third-order valence-corrected chi connectivity index (χ3v) is 3.20. The summed E-state index contributed by atoms with van der Waals surface area (Å²) in [4.78, 5) is 10.3. The van der Waals surface area contributed by atoms with Gasteiger partial charge in [0.1, 0.15) is 5.82 Å². The van der Waals surface area contributed by atoms with Gasteiger partial charge in [0.15, 0.2) is 0 Å². The van der Waals surface area contributed by atoms with E-state index in [0.717, 1.165) is 5.56 Å². The van der Waals surface area contributed by atoms with Crippen molar-refractivity contribution < 1.29 is 14.4 Å². The molecule has 2 aromatic rings. The van der Waals surface area contributed by atoms with E-state index in [-0.39, 0.29) is 24.4 Å². The average molecular weight is 290 g/mol. The molecule has 21 heavy (non-hydrogen) atoms. The summed E-state index contributed by atoms with van der Waals surface area (Å²) in [5, 5.41) is 23.3. The largest absolute Gasteiger partial charge is 0.394 e. The van der Waals surface area contributed by atoms with Crippen LogP contribution in [-0.2, 0) is 6.54 Å². The predicted molar refractivity (Wildman–Crippen MR) is 76.2 cm³/mol. The van der Waals surface area contributed by atoms with Crippen molar-refractivity contribution in [3.05, 3.63) is 75.6 Å². The number of hydrogen-bond acceptors (Lipinski definition) is 4. The lowest BCUT2D eigenvalue weighted by atomic mass is 10.1. The topological polar surface area (TPSA) is 75.4 Å². The molecule has 1 atom stereocenters. The van der Waals surface area contributed by atoms with Crippen LogP contribution in [0.1, 0.15) is 17.2 Å². The molecule has 2 aromatic carbocycles. The number of halogens is 1. The van der Waals surface area contributed by atoms with Crippen LogP contribution in [0.3, 0.4) is 0 Å². The Kier molecular flexibility index (Phi) is 4.97. The zero-order valence-corrected chi connectivity index (χ0v) is 11.2. The molecule has 0 unspecified atom stereocenters. The highest BCUT2D eigenvalue weighted by atomic mass is 19.1. The summed E-state index contributed by atoms with van der Waals surface area (Å²) in [6.45, 7) is -0.227. The Morgan fingerprint density at radius 3 is 2.52 bits per heavy atom. The van der Waals surface area contributed by atoms with Gasteiger partial charge in [-0.3, -0.25) is 10.1 Å². The van der Waals surface area contributed by atoms with Crippen LogP contribution in [0, 0.1) is 15.9 Å². The molecular formula is C15H15FN2O3. The highest BCUT2D eigenvalue weighted by molar-refractivity contribution is 5.41. The Morgan fingerprint density at radius 1 is 1.19 bits per heavy atom. The minimum atomic E-state index is -0.638. The number of nitro benzene ring substituents is 1. The maximum Gasteiger partial charge on any atom is 0.276 e. The molecule has 0 aliphatic carbocycles. The maximum absolute atomic E-state index is 13.8. The fraction of sp³-hybridized carbons (Fsp3) is 0.200. The van der Waals surface area contributed by atoms with Crippen molar-refractivity contribution in [2.75, 3.05) is 6.61 Å². The predicted octanol–water partition coefficient (Wildman–Crippen LogP) is 2.56. The van der Waals surface area contributed by atoms with Crippen LogP contribution < -0.4 is 5.32 Å². The molecule has 5 nitrogen and oxygen atoms in total. The lowest BCUT2D eigenvalue weighted by Gasteiger charge is -2.17. The van der Waals surface area contributed by atoms with Crippen molar-refractivity contribution in [3.63, 3.8) is 0 Å². The normalized spacial score (nSPS) is 12.1. The summed E-state index contributed by atoms with van der Waals surface area (Å²) in [5.41, 5.74) is 0.545. The number of nitrogens with zero attached hydrogens (tertiary/aromatic N) is 1. The molecule has 0 amide bonds. The van der Waals surface area contributed by atoms with Gasteiger partial charge in [-0.15, -0.1) is 0 Å². The van der Waals surface area contributed by atoms with Crippen molar-refractivity contribution in [1.82, 2.24) is 5.32 Å². The van der Waals surface area contributed by atoms with E-state index < -0.39 is 16.8 Å². The molecule has 0 saturated heterocycles. The molecule has 0 bridgehead atoms. The summed E-state index contributed by atoms with van der Waals surface area (Å²) < 4.78 is 13.8. The van der Waals surface area contributed by atoms with E-state index in [2.05, 4.69) is 5.32 Å². The third-order valence-electron chi connectivity index (χ3n) is 3.20. The average Bonchev–Trinajstić information content (AvgIpc) is 2.50. The number of rotatable bonds is 6. The van der Waals surface area contributed by atoms with Gasteiger partial charge in [0, 0.05) is 12.6 Å². The number of benzene rings is 2. The van der Waals surface area contributed by atoms with Gasteiger partial charge in [0.25, 0.3) is 5.69 Å². The zero-order chi connectivity index (χ0) is 15.2. The summed E-state index contributed by atoms with van der Waals surface area (Å²) in [5.74, 6) is -0.638. The Labute approximate surface area is 121 Å². The van der Waals surface area contributed by atoms with E-state index in [1.54, 1.807) is 0 Å². The number of aliphatic hydroxyl groups is 1. The Balaban J connectivity index is 2.17. The monoisotopic (exact) mass is 290 g/mol. The Bertz CT molecular complexity index is 620. The van der Waals surface area contributed by atoms with E-state index in [9.17, 15) is 19.6 Å². The molecule has 6 heteroatoms. The van der Waals surface area contributed by atoms with Gasteiger partial charge in [0.05, 0.1) is 23.1 Å². The first-order valence-corrected chi connectivity index (χ1v) is 6.44. The molecular weight excluding hydrogens is 275 g/mol. The van der Waals surface area contributed by atoms with Crippen molar-refractivity contribution >= 4 is 5.69 Å². The first-order chi connectivity index (χ1) is 10.1. The molecule has 0 aromatic heterocycles. The second-order valence-corrected chi connectivity index (χ2v) is 4.52. The van der Waals surface area contributed by atoms with Gasteiger partial charge >= 0.3 is 0 Å². The molecule has 0 spiro atoms. The fourth-order valence-corrected chi connectivity index (χ4v) is 2.09.